The highest BCUT2D eigenvalue weighted by molar-refractivity contribution is 4.70. The minimum atomic E-state index is 1.47. The summed E-state index contributed by atoms with van der Waals surface area (Å²) in [7, 11) is 0. The van der Waals surface area contributed by atoms with Gasteiger partial charge in [0.15, 0.2) is 0 Å². The maximum atomic E-state index is 4.08. The van der Waals surface area contributed by atoms with Crippen LogP contribution in [0.1, 0.15) is 0 Å². The van der Waals surface area contributed by atoms with Gasteiger partial charge < -0.3 is 0 Å². The molecule has 0 aromatic carbocycles. The normalized spacial score (nSPS) is 8.00. The van der Waals surface area contributed by atoms with Crippen LogP contribution in [-0.4, -0.2) is 20.3 Å². The first-order chi connectivity index (χ1) is 5.50. The van der Waals surface area contributed by atoms with Gasteiger partial charge in [-0.2, -0.15) is 0 Å². The molecule has 2 heterocycles. The van der Waals surface area contributed by atoms with E-state index < -0.39 is 0 Å². The van der Waals surface area contributed by atoms with Gasteiger partial charge in [-0.25, -0.2) is 4.63 Å². The minimum Gasteiger partial charge on any atom is -0.262 e. The van der Waals surface area contributed by atoms with E-state index in [-0.39, 0.29) is 0 Å². The Kier molecular flexibility index (Phi) is 3.36. The lowest BCUT2D eigenvalue weighted by Crippen LogP contribution is -1.66. The van der Waals surface area contributed by atoms with Gasteiger partial charge in [0.25, 0.3) is 0 Å². The van der Waals surface area contributed by atoms with E-state index in [0.29, 0.717) is 0 Å². The zero-order valence-corrected chi connectivity index (χ0v) is 5.66. The van der Waals surface area contributed by atoms with Crippen molar-refractivity contribution in [2.24, 2.45) is 0 Å². The Morgan fingerprint density at radius 1 is 0.636 bits per heavy atom. The lowest BCUT2D eigenvalue weighted by Gasteiger charge is -1.70. The standard InChI is InChI=1S/C4H4N2.C2H2N2O/c1-2-6-4-3-5-1;1-2-4-5-3-1/h1-4H;1-2H. The van der Waals surface area contributed by atoms with Crippen LogP contribution in [0.5, 0.6) is 0 Å². The van der Waals surface area contributed by atoms with Crippen LogP contribution in [0.3, 0.4) is 0 Å². The van der Waals surface area contributed by atoms with E-state index in [1.54, 1.807) is 24.8 Å². The predicted octanol–water partition coefficient (Wildman–Crippen LogP) is 0.546. The fourth-order valence-corrected chi connectivity index (χ4v) is 0.389. The first-order valence-corrected chi connectivity index (χ1v) is 2.91. The molecular formula is C6H6N4O. The molecule has 2 aromatic heterocycles. The van der Waals surface area contributed by atoms with Crippen molar-refractivity contribution in [2.75, 3.05) is 0 Å². The Balaban J connectivity index is 0.000000112. The summed E-state index contributed by atoms with van der Waals surface area (Å²) in [4.78, 5) is 7.44. The summed E-state index contributed by atoms with van der Waals surface area (Å²) in [6, 6.07) is 0. The summed E-state index contributed by atoms with van der Waals surface area (Å²) in [5.74, 6) is 0. The smallest absolute Gasteiger partial charge is 0.0913 e. The maximum Gasteiger partial charge on any atom is 0.0913 e. The van der Waals surface area contributed by atoms with Crippen LogP contribution in [0.25, 0.3) is 0 Å². The Bertz CT molecular complexity index is 200. The molecule has 0 bridgehead atoms. The number of rotatable bonds is 0. The molecule has 5 nitrogen and oxygen atoms in total. The van der Waals surface area contributed by atoms with Gasteiger partial charge in [0.2, 0.25) is 0 Å². The average molecular weight is 150 g/mol. The molecule has 0 atom stereocenters. The molecule has 0 unspecified atom stereocenters. The number of aromatic nitrogens is 4. The molecule has 0 radical (unpaired) electrons. The fourth-order valence-electron chi connectivity index (χ4n) is 0.389. The van der Waals surface area contributed by atoms with Crippen molar-refractivity contribution in [3.05, 3.63) is 37.2 Å². The Morgan fingerprint density at radius 2 is 1.09 bits per heavy atom. The Morgan fingerprint density at radius 3 is 1.27 bits per heavy atom. The van der Waals surface area contributed by atoms with Crippen molar-refractivity contribution in [3.63, 3.8) is 0 Å². The highest BCUT2D eigenvalue weighted by Gasteiger charge is 1.61. The molecule has 0 spiro atoms. The molecule has 5 heteroatoms. The number of hydrogen-bond donors (Lipinski definition) is 0. The molecule has 11 heavy (non-hydrogen) atoms. The molecule has 0 saturated heterocycles. The summed E-state index contributed by atoms with van der Waals surface area (Å²) < 4.78 is 4.08. The predicted molar refractivity (Wildman–Crippen MR) is 36.3 cm³/mol. The highest BCUT2D eigenvalue weighted by Crippen LogP contribution is 1.65. The maximum absolute atomic E-state index is 4.08. The number of nitrogens with zero attached hydrogens (tertiary/aromatic N) is 4. The topological polar surface area (TPSA) is 64.7 Å². The van der Waals surface area contributed by atoms with Crippen LogP contribution in [0.4, 0.5) is 0 Å². The molecule has 0 aliphatic rings. The molecule has 0 N–H and O–H groups in total. The van der Waals surface area contributed by atoms with Gasteiger partial charge in [-0.1, -0.05) is 10.3 Å². The Labute approximate surface area is 63.1 Å². The van der Waals surface area contributed by atoms with E-state index >= 15 is 0 Å². The summed E-state index contributed by atoms with van der Waals surface area (Å²) in [5, 5.41) is 6.47. The van der Waals surface area contributed by atoms with Gasteiger partial charge in [0, 0.05) is 24.8 Å². The van der Waals surface area contributed by atoms with Crippen molar-refractivity contribution in [2.45, 2.75) is 0 Å². The van der Waals surface area contributed by atoms with Gasteiger partial charge >= 0.3 is 0 Å². The van der Waals surface area contributed by atoms with Crippen LogP contribution in [0.2, 0.25) is 0 Å². The van der Waals surface area contributed by atoms with Crippen molar-refractivity contribution in [1.82, 2.24) is 20.3 Å². The van der Waals surface area contributed by atoms with E-state index in [1.165, 1.54) is 12.4 Å². The number of hydrogen-bond acceptors (Lipinski definition) is 5. The highest BCUT2D eigenvalue weighted by atomic mass is 16.6. The zero-order chi connectivity index (χ0) is 7.78. The average Bonchev–Trinajstić information content (AvgIpc) is 2.64. The van der Waals surface area contributed by atoms with Crippen LogP contribution >= 0.6 is 0 Å². The third kappa shape index (κ3) is 3.74. The van der Waals surface area contributed by atoms with Crippen molar-refractivity contribution < 1.29 is 4.63 Å². The summed E-state index contributed by atoms with van der Waals surface area (Å²) in [6.07, 6.45) is 9.50. The van der Waals surface area contributed by atoms with Gasteiger partial charge in [-0.3, -0.25) is 9.97 Å². The quantitative estimate of drug-likeness (QED) is 0.548. The first kappa shape index (κ1) is 7.33. The van der Waals surface area contributed by atoms with Crippen LogP contribution in [0, 0.1) is 0 Å². The van der Waals surface area contributed by atoms with E-state index in [1.807, 2.05) is 0 Å². The zero-order valence-electron chi connectivity index (χ0n) is 5.66. The van der Waals surface area contributed by atoms with Gasteiger partial charge in [-0.15, -0.1) is 0 Å². The van der Waals surface area contributed by atoms with Crippen molar-refractivity contribution in [3.8, 4) is 0 Å². The SMILES string of the molecule is c1cnccn1.c1cnon1. The summed E-state index contributed by atoms with van der Waals surface area (Å²) in [6.45, 7) is 0. The monoisotopic (exact) mass is 150 g/mol. The second kappa shape index (κ2) is 5.04. The van der Waals surface area contributed by atoms with Crippen molar-refractivity contribution >= 4 is 0 Å². The molecule has 0 saturated carbocycles. The Hall–Kier alpha value is -1.78. The van der Waals surface area contributed by atoms with E-state index in [9.17, 15) is 0 Å². The first-order valence-electron chi connectivity index (χ1n) is 2.91. The fraction of sp³-hybridized carbons (Fsp3) is 0. The second-order valence-corrected chi connectivity index (χ2v) is 1.49. The van der Waals surface area contributed by atoms with Crippen LogP contribution in [-0.2, 0) is 0 Å². The van der Waals surface area contributed by atoms with E-state index in [2.05, 4.69) is 24.9 Å². The molecule has 56 valence electrons. The van der Waals surface area contributed by atoms with Crippen LogP contribution < -0.4 is 0 Å². The van der Waals surface area contributed by atoms with Gasteiger partial charge in [0.05, 0.1) is 12.4 Å². The molecule has 2 rings (SSSR count). The molecule has 0 fully saturated rings. The molecule has 0 amide bonds. The molecule has 0 aliphatic heterocycles. The third-order valence-electron chi connectivity index (χ3n) is 0.760. The van der Waals surface area contributed by atoms with Crippen molar-refractivity contribution in [1.29, 1.82) is 0 Å². The molecular weight excluding hydrogens is 144 g/mol. The van der Waals surface area contributed by atoms with Gasteiger partial charge in [0.1, 0.15) is 0 Å². The molecule has 0 aliphatic carbocycles. The second-order valence-electron chi connectivity index (χ2n) is 1.49. The largest absolute Gasteiger partial charge is 0.262 e. The van der Waals surface area contributed by atoms with Gasteiger partial charge in [-0.05, 0) is 0 Å². The lowest BCUT2D eigenvalue weighted by molar-refractivity contribution is 0.307. The van der Waals surface area contributed by atoms with E-state index in [4.69, 9.17) is 0 Å². The van der Waals surface area contributed by atoms with Crippen LogP contribution in [0.15, 0.2) is 41.8 Å². The third-order valence-corrected chi connectivity index (χ3v) is 0.760. The summed E-state index contributed by atoms with van der Waals surface area (Å²) in [5.41, 5.74) is 0. The summed E-state index contributed by atoms with van der Waals surface area (Å²) >= 11 is 0. The molecule has 2 aromatic rings. The van der Waals surface area contributed by atoms with E-state index in [0.717, 1.165) is 0 Å². The minimum absolute atomic E-state index is 1.47. The lowest BCUT2D eigenvalue weighted by atomic mass is 10.8.